The van der Waals surface area contributed by atoms with E-state index in [0.29, 0.717) is 6.54 Å². The fourth-order valence-electron chi connectivity index (χ4n) is 2.64. The SMILES string of the molecule is O=S(=O)(NCCCN1CCCCCC1)c1ccc(Br)cc1Cl. The Morgan fingerprint density at radius 3 is 2.50 bits per heavy atom. The second-order valence-corrected chi connectivity index (χ2v) is 8.64. The summed E-state index contributed by atoms with van der Waals surface area (Å²) in [6, 6.07) is 4.79. The first kappa shape index (κ1) is 18.2. The fourth-order valence-corrected chi connectivity index (χ4v) is 4.75. The van der Waals surface area contributed by atoms with E-state index in [-0.39, 0.29) is 9.92 Å². The van der Waals surface area contributed by atoms with Gasteiger partial charge in [0, 0.05) is 11.0 Å². The normalized spacial score (nSPS) is 17.4. The molecule has 0 spiro atoms. The fraction of sp³-hybridized carbons (Fsp3) is 0.600. The van der Waals surface area contributed by atoms with E-state index in [0.717, 1.165) is 30.5 Å². The Morgan fingerprint density at radius 2 is 1.86 bits per heavy atom. The first-order valence-corrected chi connectivity index (χ1v) is 10.3. The van der Waals surface area contributed by atoms with E-state index in [1.807, 2.05) is 0 Å². The molecule has 0 atom stereocenters. The van der Waals surface area contributed by atoms with Gasteiger partial charge in [0.1, 0.15) is 4.90 Å². The minimum absolute atomic E-state index is 0.132. The number of hydrogen-bond acceptors (Lipinski definition) is 3. The van der Waals surface area contributed by atoms with E-state index in [9.17, 15) is 8.42 Å². The summed E-state index contributed by atoms with van der Waals surface area (Å²) in [5.41, 5.74) is 0. The third-order valence-corrected chi connectivity index (χ3v) is 6.26. The predicted octanol–water partition coefficient (Wildman–Crippen LogP) is 3.65. The smallest absolute Gasteiger partial charge is 0.242 e. The van der Waals surface area contributed by atoms with Crippen molar-refractivity contribution in [3.8, 4) is 0 Å². The minimum Gasteiger partial charge on any atom is -0.303 e. The minimum atomic E-state index is -3.54. The van der Waals surface area contributed by atoms with E-state index in [4.69, 9.17) is 11.6 Å². The van der Waals surface area contributed by atoms with Crippen LogP contribution < -0.4 is 4.72 Å². The second kappa shape index (κ2) is 8.64. The van der Waals surface area contributed by atoms with Crippen LogP contribution in [-0.4, -0.2) is 39.5 Å². The highest BCUT2D eigenvalue weighted by Crippen LogP contribution is 2.25. The van der Waals surface area contributed by atoms with Gasteiger partial charge < -0.3 is 4.90 Å². The van der Waals surface area contributed by atoms with E-state index in [2.05, 4.69) is 25.6 Å². The number of nitrogens with zero attached hydrogens (tertiary/aromatic N) is 1. The number of hydrogen-bond donors (Lipinski definition) is 1. The Bertz CT molecular complexity index is 587. The topological polar surface area (TPSA) is 49.4 Å². The van der Waals surface area contributed by atoms with E-state index in [1.54, 1.807) is 12.1 Å². The summed E-state index contributed by atoms with van der Waals surface area (Å²) < 4.78 is 27.9. The lowest BCUT2D eigenvalue weighted by Gasteiger charge is -2.19. The third kappa shape index (κ3) is 5.49. The summed E-state index contributed by atoms with van der Waals surface area (Å²) in [7, 11) is -3.54. The van der Waals surface area contributed by atoms with E-state index >= 15 is 0 Å². The van der Waals surface area contributed by atoms with Crippen molar-refractivity contribution in [2.75, 3.05) is 26.2 Å². The van der Waals surface area contributed by atoms with Crippen LogP contribution >= 0.6 is 27.5 Å². The molecule has 2 rings (SSSR count). The highest BCUT2D eigenvalue weighted by Gasteiger charge is 2.17. The standard InChI is InChI=1S/C15H22BrClN2O2S/c16-13-6-7-15(14(17)12-13)22(20,21)18-8-5-11-19-9-3-1-2-4-10-19/h6-7,12,18H,1-5,8-11H2. The van der Waals surface area contributed by atoms with Crippen LogP contribution in [0.2, 0.25) is 5.02 Å². The molecule has 1 N–H and O–H groups in total. The lowest BCUT2D eigenvalue weighted by molar-refractivity contribution is 0.282. The van der Waals surface area contributed by atoms with Gasteiger partial charge in [0.25, 0.3) is 0 Å². The molecular weight excluding hydrogens is 388 g/mol. The van der Waals surface area contributed by atoms with Gasteiger partial charge in [-0.25, -0.2) is 13.1 Å². The lowest BCUT2D eigenvalue weighted by atomic mass is 10.2. The molecular formula is C15H22BrClN2O2S. The molecule has 22 heavy (non-hydrogen) atoms. The molecule has 7 heteroatoms. The quantitative estimate of drug-likeness (QED) is 0.730. The van der Waals surface area contributed by atoms with Crippen molar-refractivity contribution in [1.29, 1.82) is 0 Å². The summed E-state index contributed by atoms with van der Waals surface area (Å²) in [5.74, 6) is 0. The number of likely N-dealkylation sites (tertiary alicyclic amines) is 1. The number of halogens is 2. The van der Waals surface area contributed by atoms with Crippen LogP contribution in [-0.2, 0) is 10.0 Å². The van der Waals surface area contributed by atoms with Gasteiger partial charge in [-0.1, -0.05) is 40.4 Å². The molecule has 0 saturated carbocycles. The van der Waals surface area contributed by atoms with Gasteiger partial charge in [0.2, 0.25) is 10.0 Å². The van der Waals surface area contributed by atoms with Gasteiger partial charge in [0.15, 0.2) is 0 Å². The molecule has 124 valence electrons. The molecule has 1 aliphatic rings. The Balaban J connectivity index is 1.82. The maximum absolute atomic E-state index is 12.2. The van der Waals surface area contributed by atoms with Crippen molar-refractivity contribution in [3.63, 3.8) is 0 Å². The number of nitrogens with one attached hydrogen (secondary N) is 1. The summed E-state index contributed by atoms with van der Waals surface area (Å²) in [4.78, 5) is 2.56. The summed E-state index contributed by atoms with van der Waals surface area (Å²) in [5, 5.41) is 0.231. The van der Waals surface area contributed by atoms with Gasteiger partial charge in [-0.2, -0.15) is 0 Å². The van der Waals surface area contributed by atoms with Gasteiger partial charge in [-0.3, -0.25) is 0 Å². The monoisotopic (exact) mass is 408 g/mol. The summed E-state index contributed by atoms with van der Waals surface area (Å²) in [6.07, 6.45) is 5.93. The highest BCUT2D eigenvalue weighted by atomic mass is 79.9. The Kier molecular flexibility index (Phi) is 7.15. The Labute approximate surface area is 146 Å². The zero-order valence-corrected chi connectivity index (χ0v) is 15.7. The van der Waals surface area contributed by atoms with Crippen molar-refractivity contribution >= 4 is 37.6 Å². The molecule has 0 unspecified atom stereocenters. The third-order valence-electron chi connectivity index (χ3n) is 3.83. The largest absolute Gasteiger partial charge is 0.303 e. The van der Waals surface area contributed by atoms with Crippen LogP contribution in [0.4, 0.5) is 0 Å². The Hall–Kier alpha value is -0.140. The number of sulfonamides is 1. The van der Waals surface area contributed by atoms with Crippen molar-refractivity contribution < 1.29 is 8.42 Å². The molecule has 0 aliphatic carbocycles. The van der Waals surface area contributed by atoms with Gasteiger partial charge in [-0.15, -0.1) is 0 Å². The van der Waals surface area contributed by atoms with Crippen LogP contribution in [0.1, 0.15) is 32.1 Å². The first-order valence-electron chi connectivity index (χ1n) is 7.66. The highest BCUT2D eigenvalue weighted by molar-refractivity contribution is 9.10. The molecule has 0 aromatic heterocycles. The predicted molar refractivity (Wildman–Crippen MR) is 93.9 cm³/mol. The molecule has 1 fully saturated rings. The molecule has 1 heterocycles. The van der Waals surface area contributed by atoms with Crippen LogP contribution in [0.3, 0.4) is 0 Å². The zero-order valence-electron chi connectivity index (χ0n) is 12.5. The average molecular weight is 410 g/mol. The number of benzene rings is 1. The number of rotatable bonds is 6. The van der Waals surface area contributed by atoms with Crippen LogP contribution in [0.25, 0.3) is 0 Å². The molecule has 1 saturated heterocycles. The first-order chi connectivity index (χ1) is 10.5. The van der Waals surface area contributed by atoms with Crippen LogP contribution in [0, 0.1) is 0 Å². The van der Waals surface area contributed by atoms with Gasteiger partial charge in [-0.05, 0) is 57.1 Å². The van der Waals surface area contributed by atoms with Crippen molar-refractivity contribution in [1.82, 2.24) is 9.62 Å². The maximum Gasteiger partial charge on any atom is 0.242 e. The lowest BCUT2D eigenvalue weighted by Crippen LogP contribution is -2.30. The van der Waals surface area contributed by atoms with Crippen molar-refractivity contribution in [2.24, 2.45) is 0 Å². The Morgan fingerprint density at radius 1 is 1.18 bits per heavy atom. The summed E-state index contributed by atoms with van der Waals surface area (Å²) in [6.45, 7) is 3.64. The molecule has 1 aromatic carbocycles. The second-order valence-electron chi connectivity index (χ2n) is 5.58. The van der Waals surface area contributed by atoms with E-state index < -0.39 is 10.0 Å². The molecule has 4 nitrogen and oxygen atoms in total. The molecule has 0 radical (unpaired) electrons. The summed E-state index contributed by atoms with van der Waals surface area (Å²) >= 11 is 9.28. The molecule has 1 aromatic rings. The van der Waals surface area contributed by atoms with Crippen molar-refractivity contribution in [2.45, 2.75) is 37.0 Å². The maximum atomic E-state index is 12.2. The van der Waals surface area contributed by atoms with Gasteiger partial charge in [0.05, 0.1) is 5.02 Å². The van der Waals surface area contributed by atoms with Crippen LogP contribution in [0.5, 0.6) is 0 Å². The zero-order chi connectivity index (χ0) is 16.0. The van der Waals surface area contributed by atoms with Crippen molar-refractivity contribution in [3.05, 3.63) is 27.7 Å². The molecule has 0 bridgehead atoms. The average Bonchev–Trinajstić information content (AvgIpc) is 2.72. The van der Waals surface area contributed by atoms with E-state index in [1.165, 1.54) is 31.7 Å². The van der Waals surface area contributed by atoms with Gasteiger partial charge >= 0.3 is 0 Å². The molecule has 0 amide bonds. The molecule has 1 aliphatic heterocycles. The van der Waals surface area contributed by atoms with Crippen LogP contribution in [0.15, 0.2) is 27.6 Å².